The summed E-state index contributed by atoms with van der Waals surface area (Å²) >= 11 is 3.46. The van der Waals surface area contributed by atoms with Crippen molar-refractivity contribution in [2.24, 2.45) is 0 Å². The van der Waals surface area contributed by atoms with Crippen molar-refractivity contribution in [3.63, 3.8) is 0 Å². The number of ether oxygens (including phenoxy) is 1. The van der Waals surface area contributed by atoms with Crippen molar-refractivity contribution in [2.75, 3.05) is 5.73 Å². The summed E-state index contributed by atoms with van der Waals surface area (Å²) < 4.78 is 6.79. The first-order valence-corrected chi connectivity index (χ1v) is 7.02. The molecule has 20 heavy (non-hydrogen) atoms. The number of benzene rings is 2. The first kappa shape index (κ1) is 12.9. The highest BCUT2D eigenvalue weighted by atomic mass is 79.9. The molecule has 0 spiro atoms. The molecular formula is C16H13BrN2O. The van der Waals surface area contributed by atoms with E-state index in [-0.39, 0.29) is 0 Å². The van der Waals surface area contributed by atoms with Crippen molar-refractivity contribution in [1.29, 1.82) is 0 Å². The first-order valence-electron chi connectivity index (χ1n) is 6.23. The fourth-order valence-corrected chi connectivity index (χ4v) is 2.50. The van der Waals surface area contributed by atoms with E-state index in [1.54, 1.807) is 0 Å². The van der Waals surface area contributed by atoms with Crippen LogP contribution in [0.1, 0.15) is 5.69 Å². The van der Waals surface area contributed by atoms with Crippen molar-refractivity contribution >= 4 is 32.5 Å². The molecule has 0 aliphatic carbocycles. The number of hydrogen-bond acceptors (Lipinski definition) is 3. The van der Waals surface area contributed by atoms with Crippen LogP contribution >= 0.6 is 15.9 Å². The maximum atomic E-state index is 5.97. The lowest BCUT2D eigenvalue weighted by Gasteiger charge is -2.10. The lowest BCUT2D eigenvalue weighted by Crippen LogP contribution is -1.91. The average molecular weight is 329 g/mol. The Morgan fingerprint density at radius 2 is 1.90 bits per heavy atom. The Labute approximate surface area is 125 Å². The van der Waals surface area contributed by atoms with E-state index in [0.717, 1.165) is 32.6 Å². The van der Waals surface area contributed by atoms with Crippen molar-refractivity contribution < 1.29 is 4.74 Å². The van der Waals surface area contributed by atoms with Gasteiger partial charge < -0.3 is 10.5 Å². The van der Waals surface area contributed by atoms with Gasteiger partial charge in [0.05, 0.1) is 4.47 Å². The quantitative estimate of drug-likeness (QED) is 0.695. The van der Waals surface area contributed by atoms with E-state index in [1.807, 2.05) is 55.5 Å². The third-order valence-corrected chi connectivity index (χ3v) is 3.62. The zero-order chi connectivity index (χ0) is 14.1. The van der Waals surface area contributed by atoms with E-state index >= 15 is 0 Å². The Morgan fingerprint density at radius 1 is 1.05 bits per heavy atom. The number of fused-ring (bicyclic) bond motifs is 1. The van der Waals surface area contributed by atoms with E-state index in [9.17, 15) is 0 Å². The molecule has 0 amide bonds. The predicted molar refractivity (Wildman–Crippen MR) is 85.1 cm³/mol. The molecule has 3 nitrogen and oxygen atoms in total. The highest BCUT2D eigenvalue weighted by molar-refractivity contribution is 9.10. The number of aryl methyl sites for hydroxylation is 1. The summed E-state index contributed by atoms with van der Waals surface area (Å²) in [6, 6.07) is 15.4. The summed E-state index contributed by atoms with van der Waals surface area (Å²) in [7, 11) is 0. The van der Waals surface area contributed by atoms with Crippen LogP contribution in [0.25, 0.3) is 10.9 Å². The normalized spacial score (nSPS) is 10.7. The number of nitrogens with two attached hydrogens (primary N) is 1. The fourth-order valence-electron chi connectivity index (χ4n) is 2.02. The molecule has 0 bridgehead atoms. The molecule has 0 aliphatic heterocycles. The van der Waals surface area contributed by atoms with Crippen LogP contribution in [-0.2, 0) is 0 Å². The Hall–Kier alpha value is -2.07. The zero-order valence-corrected chi connectivity index (χ0v) is 12.5. The molecule has 3 rings (SSSR count). The fraction of sp³-hybridized carbons (Fsp3) is 0.0625. The third-order valence-electron chi connectivity index (χ3n) is 3.00. The van der Waals surface area contributed by atoms with Crippen molar-refractivity contribution in [1.82, 2.24) is 4.98 Å². The smallest absolute Gasteiger partial charge is 0.153 e. The molecular weight excluding hydrogens is 316 g/mol. The molecule has 4 heteroatoms. The minimum absolute atomic E-state index is 0.691. The molecule has 0 saturated carbocycles. The van der Waals surface area contributed by atoms with Gasteiger partial charge in [0.15, 0.2) is 5.75 Å². The predicted octanol–water partition coefficient (Wildman–Crippen LogP) is 4.68. The third kappa shape index (κ3) is 2.47. The Balaban J connectivity index is 2.08. The van der Waals surface area contributed by atoms with Gasteiger partial charge >= 0.3 is 0 Å². The van der Waals surface area contributed by atoms with Gasteiger partial charge in [0.25, 0.3) is 0 Å². The molecule has 1 aromatic heterocycles. The molecule has 0 unspecified atom stereocenters. The number of nitrogens with zero attached hydrogens (tertiary/aromatic N) is 1. The maximum Gasteiger partial charge on any atom is 0.153 e. The van der Waals surface area contributed by atoms with Gasteiger partial charge in [-0.15, -0.1) is 0 Å². The van der Waals surface area contributed by atoms with Crippen LogP contribution in [0.2, 0.25) is 0 Å². The van der Waals surface area contributed by atoms with Crippen LogP contribution in [0.3, 0.4) is 0 Å². The van der Waals surface area contributed by atoms with Crippen LogP contribution in [0.4, 0.5) is 5.69 Å². The van der Waals surface area contributed by atoms with E-state index in [1.165, 1.54) is 0 Å². The summed E-state index contributed by atoms with van der Waals surface area (Å²) in [5.74, 6) is 1.45. The molecule has 100 valence electrons. The summed E-state index contributed by atoms with van der Waals surface area (Å²) in [5, 5.41) is 1.06. The van der Waals surface area contributed by atoms with Gasteiger partial charge in [0.2, 0.25) is 0 Å². The Morgan fingerprint density at radius 3 is 2.70 bits per heavy atom. The molecule has 1 heterocycles. The highest BCUT2D eigenvalue weighted by Gasteiger charge is 2.08. The van der Waals surface area contributed by atoms with E-state index < -0.39 is 0 Å². The lowest BCUT2D eigenvalue weighted by molar-refractivity contribution is 0.484. The summed E-state index contributed by atoms with van der Waals surface area (Å²) in [6.07, 6.45) is 0. The van der Waals surface area contributed by atoms with Crippen LogP contribution in [0.5, 0.6) is 11.5 Å². The summed E-state index contributed by atoms with van der Waals surface area (Å²) in [4.78, 5) is 4.55. The number of pyridine rings is 1. The standard InChI is InChI=1S/C16H13BrN2O/c1-10-5-6-11-3-2-4-15(16(11)19-10)20-14-8-7-12(18)9-13(14)17/h2-9H,18H2,1H3. The molecule has 0 radical (unpaired) electrons. The number of para-hydroxylation sites is 1. The van der Waals surface area contributed by atoms with E-state index in [4.69, 9.17) is 10.5 Å². The van der Waals surface area contributed by atoms with Gasteiger partial charge in [0, 0.05) is 16.8 Å². The first-order chi connectivity index (χ1) is 9.63. The van der Waals surface area contributed by atoms with Gasteiger partial charge in [0.1, 0.15) is 11.3 Å². The van der Waals surface area contributed by atoms with Crippen LogP contribution in [-0.4, -0.2) is 4.98 Å². The van der Waals surface area contributed by atoms with Crippen LogP contribution in [0, 0.1) is 6.92 Å². The highest BCUT2D eigenvalue weighted by Crippen LogP contribution is 2.34. The van der Waals surface area contributed by atoms with E-state index in [0.29, 0.717) is 5.69 Å². The maximum absolute atomic E-state index is 5.97. The lowest BCUT2D eigenvalue weighted by atomic mass is 10.2. The number of hydrogen-bond donors (Lipinski definition) is 1. The largest absolute Gasteiger partial charge is 0.454 e. The van der Waals surface area contributed by atoms with Gasteiger partial charge in [-0.25, -0.2) is 4.98 Å². The van der Waals surface area contributed by atoms with Crippen molar-refractivity contribution in [3.05, 3.63) is 58.7 Å². The molecule has 0 saturated heterocycles. The second kappa shape index (κ2) is 5.13. The second-order valence-corrected chi connectivity index (χ2v) is 5.43. The molecule has 0 fully saturated rings. The van der Waals surface area contributed by atoms with Gasteiger partial charge in [-0.3, -0.25) is 0 Å². The molecule has 0 aliphatic rings. The minimum Gasteiger partial charge on any atom is -0.454 e. The van der Waals surface area contributed by atoms with Gasteiger partial charge in [-0.1, -0.05) is 18.2 Å². The topological polar surface area (TPSA) is 48.1 Å². The average Bonchev–Trinajstić information content (AvgIpc) is 2.42. The molecule has 2 N–H and O–H groups in total. The van der Waals surface area contributed by atoms with Crippen LogP contribution < -0.4 is 10.5 Å². The molecule has 3 aromatic rings. The van der Waals surface area contributed by atoms with Gasteiger partial charge in [-0.05, 0) is 53.2 Å². The Kier molecular flexibility index (Phi) is 3.32. The minimum atomic E-state index is 0.691. The van der Waals surface area contributed by atoms with Gasteiger partial charge in [-0.2, -0.15) is 0 Å². The number of rotatable bonds is 2. The summed E-state index contributed by atoms with van der Waals surface area (Å²) in [5.41, 5.74) is 8.24. The van der Waals surface area contributed by atoms with Crippen molar-refractivity contribution in [2.45, 2.75) is 6.92 Å². The number of anilines is 1. The second-order valence-electron chi connectivity index (χ2n) is 4.57. The number of aromatic nitrogens is 1. The molecule has 0 atom stereocenters. The zero-order valence-electron chi connectivity index (χ0n) is 10.9. The summed E-state index contributed by atoms with van der Waals surface area (Å²) in [6.45, 7) is 1.97. The monoisotopic (exact) mass is 328 g/mol. The number of nitrogen functional groups attached to an aromatic ring is 1. The molecule has 2 aromatic carbocycles. The Bertz CT molecular complexity index is 787. The SMILES string of the molecule is Cc1ccc2cccc(Oc3ccc(N)cc3Br)c2n1. The number of halogens is 1. The van der Waals surface area contributed by atoms with Crippen LogP contribution in [0.15, 0.2) is 53.0 Å². The van der Waals surface area contributed by atoms with E-state index in [2.05, 4.69) is 20.9 Å². The van der Waals surface area contributed by atoms with Crippen molar-refractivity contribution in [3.8, 4) is 11.5 Å².